The lowest BCUT2D eigenvalue weighted by Crippen LogP contribution is -2.27. The number of rotatable bonds is 8. The Hall–Kier alpha value is -3.74. The predicted octanol–water partition coefficient (Wildman–Crippen LogP) is 3.63. The molecule has 7 nitrogen and oxygen atoms in total. The van der Waals surface area contributed by atoms with Gasteiger partial charge in [-0.3, -0.25) is 4.79 Å². The van der Waals surface area contributed by atoms with E-state index in [4.69, 9.17) is 18.9 Å². The first-order valence-corrected chi connectivity index (χ1v) is 10.1. The third kappa shape index (κ3) is 4.61. The van der Waals surface area contributed by atoms with Crippen molar-refractivity contribution in [3.8, 4) is 17.2 Å². The highest BCUT2D eigenvalue weighted by molar-refractivity contribution is 6.16. The van der Waals surface area contributed by atoms with Crippen molar-refractivity contribution in [3.63, 3.8) is 0 Å². The zero-order chi connectivity index (χ0) is 23.3. The summed E-state index contributed by atoms with van der Waals surface area (Å²) in [5.74, 6) is 1.12. The van der Waals surface area contributed by atoms with Crippen LogP contribution in [0.3, 0.4) is 0 Å². The summed E-state index contributed by atoms with van der Waals surface area (Å²) in [5, 5.41) is 0. The number of amides is 1. The highest BCUT2D eigenvalue weighted by atomic mass is 16.5. The first-order chi connectivity index (χ1) is 15.4. The molecule has 0 spiro atoms. The number of benzene rings is 2. The molecule has 1 aliphatic rings. The summed E-state index contributed by atoms with van der Waals surface area (Å²) in [7, 11) is 6.02. The summed E-state index contributed by atoms with van der Waals surface area (Å²) >= 11 is 0. The summed E-state index contributed by atoms with van der Waals surface area (Å²) in [6, 6.07) is 12.9. The summed E-state index contributed by atoms with van der Waals surface area (Å²) in [6.07, 6.45) is 2.28. The zero-order valence-electron chi connectivity index (χ0n) is 18.9. The fourth-order valence-corrected chi connectivity index (χ4v) is 3.62. The number of hydrogen-bond acceptors (Lipinski definition) is 6. The van der Waals surface area contributed by atoms with E-state index in [2.05, 4.69) is 0 Å². The summed E-state index contributed by atoms with van der Waals surface area (Å²) in [4.78, 5) is 27.5. The Morgan fingerprint density at radius 2 is 1.59 bits per heavy atom. The van der Waals surface area contributed by atoms with E-state index in [9.17, 15) is 9.59 Å². The molecule has 0 bridgehead atoms. The van der Waals surface area contributed by atoms with Gasteiger partial charge in [0.05, 0.1) is 39.6 Å². The van der Waals surface area contributed by atoms with Crippen LogP contribution in [0.4, 0.5) is 0 Å². The summed E-state index contributed by atoms with van der Waals surface area (Å²) < 4.78 is 20.8. The molecule has 0 atom stereocenters. The van der Waals surface area contributed by atoms with Crippen molar-refractivity contribution in [2.75, 3.05) is 35.0 Å². The van der Waals surface area contributed by atoms with Crippen molar-refractivity contribution in [1.82, 2.24) is 4.90 Å². The first-order valence-electron chi connectivity index (χ1n) is 10.1. The molecule has 0 aliphatic carbocycles. The van der Waals surface area contributed by atoms with Crippen LogP contribution in [0.25, 0.3) is 6.08 Å². The highest BCUT2D eigenvalue weighted by Crippen LogP contribution is 2.34. The molecule has 3 rings (SSSR count). The largest absolute Gasteiger partial charge is 0.497 e. The fraction of sp³-hybridized carbons (Fsp3) is 0.280. The summed E-state index contributed by atoms with van der Waals surface area (Å²) in [5.41, 5.74) is 2.80. The van der Waals surface area contributed by atoms with Gasteiger partial charge in [0.2, 0.25) is 0 Å². The third-order valence-corrected chi connectivity index (χ3v) is 5.42. The number of nitrogens with zero attached hydrogens (tertiary/aromatic N) is 1. The van der Waals surface area contributed by atoms with Crippen molar-refractivity contribution >= 4 is 18.0 Å². The molecule has 0 radical (unpaired) electrons. The van der Waals surface area contributed by atoms with E-state index in [-0.39, 0.29) is 17.1 Å². The fourth-order valence-electron chi connectivity index (χ4n) is 3.62. The van der Waals surface area contributed by atoms with Crippen LogP contribution in [0, 0.1) is 0 Å². The normalized spacial score (nSPS) is 14.7. The van der Waals surface area contributed by atoms with Gasteiger partial charge in [-0.15, -0.1) is 0 Å². The number of carbonyl (C=O) groups is 2. The van der Waals surface area contributed by atoms with Crippen molar-refractivity contribution in [2.45, 2.75) is 13.3 Å². The van der Waals surface area contributed by atoms with Gasteiger partial charge in [-0.25, -0.2) is 4.79 Å². The Morgan fingerprint density at radius 3 is 2.19 bits per heavy atom. The highest BCUT2D eigenvalue weighted by Gasteiger charge is 2.36. The minimum atomic E-state index is -0.554. The maximum Gasteiger partial charge on any atom is 0.340 e. The molecule has 32 heavy (non-hydrogen) atoms. The third-order valence-electron chi connectivity index (χ3n) is 5.42. The Labute approximate surface area is 187 Å². The van der Waals surface area contributed by atoms with Crippen LogP contribution in [-0.4, -0.2) is 51.8 Å². The second-order valence-electron chi connectivity index (χ2n) is 7.17. The number of ether oxygens (including phenoxy) is 4. The van der Waals surface area contributed by atoms with Gasteiger partial charge in [0, 0.05) is 23.9 Å². The Morgan fingerprint density at radius 1 is 0.938 bits per heavy atom. The molecule has 7 heteroatoms. The quantitative estimate of drug-likeness (QED) is 0.464. The number of allylic oxidation sites excluding steroid dienone is 1. The molecule has 0 saturated heterocycles. The van der Waals surface area contributed by atoms with Gasteiger partial charge >= 0.3 is 5.97 Å². The van der Waals surface area contributed by atoms with Crippen LogP contribution < -0.4 is 14.2 Å². The molecule has 1 heterocycles. The standard InChI is InChI=1S/C25H27NO6/c1-16-23(25(28)32-5)21(14-18-8-11-20(30-3)15-22(18)31-4)24(27)26(16)13-12-17-6-9-19(29-2)10-7-17/h6-11,14-15H,12-13H2,1-5H3/b21-14-. The molecule has 0 N–H and O–H groups in total. The molecule has 0 aromatic heterocycles. The van der Waals surface area contributed by atoms with Crippen molar-refractivity contribution < 1.29 is 28.5 Å². The SMILES string of the molecule is COC(=O)C1=C(C)N(CCc2ccc(OC)cc2)C(=O)/C1=C\c1ccc(OC)cc1OC. The van der Waals surface area contributed by atoms with E-state index < -0.39 is 5.97 Å². The number of carbonyl (C=O) groups excluding carboxylic acids is 2. The summed E-state index contributed by atoms with van der Waals surface area (Å²) in [6.45, 7) is 2.18. The topological polar surface area (TPSA) is 74.3 Å². The Bertz CT molecular complexity index is 1070. The van der Waals surface area contributed by atoms with E-state index in [1.807, 2.05) is 24.3 Å². The maximum absolute atomic E-state index is 13.3. The molecule has 0 saturated carbocycles. The smallest absolute Gasteiger partial charge is 0.340 e. The van der Waals surface area contributed by atoms with E-state index in [0.717, 1.165) is 11.3 Å². The Kier molecular flexibility index (Phi) is 7.20. The zero-order valence-corrected chi connectivity index (χ0v) is 18.9. The van der Waals surface area contributed by atoms with E-state index in [1.54, 1.807) is 50.3 Å². The van der Waals surface area contributed by atoms with Gasteiger partial charge in [0.25, 0.3) is 5.91 Å². The van der Waals surface area contributed by atoms with Crippen molar-refractivity contribution in [1.29, 1.82) is 0 Å². The van der Waals surface area contributed by atoms with Gasteiger partial charge in [0.1, 0.15) is 17.2 Å². The van der Waals surface area contributed by atoms with Gasteiger partial charge in [0.15, 0.2) is 0 Å². The lowest BCUT2D eigenvalue weighted by molar-refractivity contribution is -0.136. The van der Waals surface area contributed by atoms with Gasteiger partial charge in [-0.2, -0.15) is 0 Å². The van der Waals surface area contributed by atoms with E-state index >= 15 is 0 Å². The molecule has 2 aromatic rings. The average molecular weight is 437 g/mol. The maximum atomic E-state index is 13.3. The number of methoxy groups -OCH3 is 4. The van der Waals surface area contributed by atoms with Gasteiger partial charge in [-0.05, 0) is 49.2 Å². The Balaban J connectivity index is 1.93. The van der Waals surface area contributed by atoms with Crippen LogP contribution in [0.2, 0.25) is 0 Å². The second-order valence-corrected chi connectivity index (χ2v) is 7.17. The lowest BCUT2D eigenvalue weighted by Gasteiger charge is -2.18. The van der Waals surface area contributed by atoms with Crippen LogP contribution in [0.5, 0.6) is 17.2 Å². The molecule has 2 aromatic carbocycles. The molecule has 0 fully saturated rings. The van der Waals surface area contributed by atoms with Crippen LogP contribution >= 0.6 is 0 Å². The van der Waals surface area contributed by atoms with Crippen LogP contribution in [0.1, 0.15) is 18.1 Å². The molecular formula is C25H27NO6. The average Bonchev–Trinajstić information content (AvgIpc) is 3.06. The van der Waals surface area contributed by atoms with E-state index in [1.165, 1.54) is 14.2 Å². The minimum absolute atomic E-state index is 0.255. The minimum Gasteiger partial charge on any atom is -0.497 e. The lowest BCUT2D eigenvalue weighted by atomic mass is 10.0. The number of esters is 1. The monoisotopic (exact) mass is 437 g/mol. The van der Waals surface area contributed by atoms with Gasteiger partial charge < -0.3 is 23.8 Å². The van der Waals surface area contributed by atoms with Crippen molar-refractivity contribution in [2.24, 2.45) is 0 Å². The molecule has 1 amide bonds. The molecule has 0 unspecified atom stereocenters. The second kappa shape index (κ2) is 10.0. The first kappa shape index (κ1) is 22.9. The van der Waals surface area contributed by atoms with E-state index in [0.29, 0.717) is 35.7 Å². The van der Waals surface area contributed by atoms with Crippen LogP contribution in [-0.2, 0) is 20.7 Å². The van der Waals surface area contributed by atoms with Crippen molar-refractivity contribution in [3.05, 3.63) is 70.4 Å². The number of hydrogen-bond donors (Lipinski definition) is 0. The molecule has 1 aliphatic heterocycles. The molecular weight excluding hydrogens is 410 g/mol. The van der Waals surface area contributed by atoms with Crippen LogP contribution in [0.15, 0.2) is 59.3 Å². The van der Waals surface area contributed by atoms with Gasteiger partial charge in [-0.1, -0.05) is 12.1 Å². The molecule has 168 valence electrons. The predicted molar refractivity (Wildman–Crippen MR) is 121 cm³/mol.